The van der Waals surface area contributed by atoms with Gasteiger partial charge in [-0.15, -0.1) is 0 Å². The Bertz CT molecular complexity index is 375. The van der Waals surface area contributed by atoms with Crippen molar-refractivity contribution < 1.29 is 14.2 Å². The molecule has 0 saturated carbocycles. The molecule has 0 bridgehead atoms. The van der Waals surface area contributed by atoms with Gasteiger partial charge in [0.2, 0.25) is 0 Å². The second kappa shape index (κ2) is 4.70. The first-order chi connectivity index (χ1) is 7.61. The predicted octanol–water partition coefficient (Wildman–Crippen LogP) is 2.56. The van der Waals surface area contributed by atoms with Gasteiger partial charge in [-0.1, -0.05) is 23.7 Å². The molecule has 0 spiro atoms. The van der Waals surface area contributed by atoms with E-state index in [-0.39, 0.29) is 5.02 Å². The number of aliphatic hydroxyl groups is 1. The fourth-order valence-electron chi connectivity index (χ4n) is 2.02. The van der Waals surface area contributed by atoms with Crippen molar-refractivity contribution in [3.63, 3.8) is 0 Å². The van der Waals surface area contributed by atoms with E-state index in [1.54, 1.807) is 12.1 Å². The van der Waals surface area contributed by atoms with Gasteiger partial charge >= 0.3 is 0 Å². The van der Waals surface area contributed by atoms with Crippen LogP contribution in [-0.2, 0) is 11.2 Å². The molecule has 1 saturated heterocycles. The Morgan fingerprint density at radius 1 is 1.50 bits per heavy atom. The summed E-state index contributed by atoms with van der Waals surface area (Å²) in [5.41, 5.74) is -0.273. The first-order valence-corrected chi connectivity index (χ1v) is 5.72. The number of benzene rings is 1. The molecule has 1 N–H and O–H groups in total. The summed E-state index contributed by atoms with van der Waals surface area (Å²) in [5.74, 6) is -0.445. The Hall–Kier alpha value is -0.640. The lowest BCUT2D eigenvalue weighted by Crippen LogP contribution is -2.40. The number of halogens is 2. The minimum Gasteiger partial charge on any atom is -0.387 e. The quantitative estimate of drug-likeness (QED) is 0.867. The van der Waals surface area contributed by atoms with Crippen LogP contribution < -0.4 is 0 Å². The van der Waals surface area contributed by atoms with Gasteiger partial charge in [0.15, 0.2) is 0 Å². The normalized spacial score (nSPS) is 25.7. The first kappa shape index (κ1) is 11.8. The van der Waals surface area contributed by atoms with E-state index in [2.05, 4.69) is 0 Å². The standard InChI is InChI=1S/C12H14ClFO2/c13-11-9(3-1-4-10(11)14)7-12(15)5-2-6-16-8-12/h1,3-4,15H,2,5-8H2. The van der Waals surface area contributed by atoms with Crippen LogP contribution in [0.25, 0.3) is 0 Å². The summed E-state index contributed by atoms with van der Waals surface area (Å²) < 4.78 is 18.5. The van der Waals surface area contributed by atoms with E-state index in [1.165, 1.54) is 6.07 Å². The number of hydrogen-bond donors (Lipinski definition) is 1. The van der Waals surface area contributed by atoms with Gasteiger partial charge in [-0.2, -0.15) is 0 Å². The lowest BCUT2D eigenvalue weighted by molar-refractivity contribution is -0.0845. The van der Waals surface area contributed by atoms with Crippen molar-refractivity contribution in [2.45, 2.75) is 24.9 Å². The van der Waals surface area contributed by atoms with Gasteiger partial charge in [-0.05, 0) is 24.5 Å². The van der Waals surface area contributed by atoms with Crippen LogP contribution in [0.3, 0.4) is 0 Å². The fourth-order valence-corrected chi connectivity index (χ4v) is 2.21. The maximum atomic E-state index is 13.2. The number of hydrogen-bond acceptors (Lipinski definition) is 2. The molecule has 1 heterocycles. The van der Waals surface area contributed by atoms with Crippen LogP contribution in [0.15, 0.2) is 18.2 Å². The van der Waals surface area contributed by atoms with E-state index in [9.17, 15) is 9.50 Å². The topological polar surface area (TPSA) is 29.5 Å². The van der Waals surface area contributed by atoms with Crippen LogP contribution in [0.4, 0.5) is 4.39 Å². The summed E-state index contributed by atoms with van der Waals surface area (Å²) in [5, 5.41) is 10.3. The van der Waals surface area contributed by atoms with Crippen molar-refractivity contribution in [1.82, 2.24) is 0 Å². The summed E-state index contributed by atoms with van der Waals surface area (Å²) in [4.78, 5) is 0. The lowest BCUT2D eigenvalue weighted by Gasteiger charge is -2.32. The molecular weight excluding hydrogens is 231 g/mol. The lowest BCUT2D eigenvalue weighted by atomic mass is 9.89. The van der Waals surface area contributed by atoms with Crippen LogP contribution in [0.2, 0.25) is 5.02 Å². The van der Waals surface area contributed by atoms with Crippen molar-refractivity contribution in [2.24, 2.45) is 0 Å². The molecule has 88 valence electrons. The van der Waals surface area contributed by atoms with Crippen molar-refractivity contribution in [3.8, 4) is 0 Å². The maximum Gasteiger partial charge on any atom is 0.142 e. The molecule has 0 aromatic heterocycles. The van der Waals surface area contributed by atoms with Crippen molar-refractivity contribution in [2.75, 3.05) is 13.2 Å². The Morgan fingerprint density at radius 2 is 2.31 bits per heavy atom. The highest BCUT2D eigenvalue weighted by molar-refractivity contribution is 6.31. The average Bonchev–Trinajstić information content (AvgIpc) is 2.26. The maximum absolute atomic E-state index is 13.2. The molecule has 1 aromatic rings. The Labute approximate surface area is 99.0 Å². The minimum absolute atomic E-state index is 0.0986. The first-order valence-electron chi connectivity index (χ1n) is 5.34. The molecule has 16 heavy (non-hydrogen) atoms. The van der Waals surface area contributed by atoms with Crippen LogP contribution in [0.1, 0.15) is 18.4 Å². The van der Waals surface area contributed by atoms with Crippen molar-refractivity contribution >= 4 is 11.6 Å². The highest BCUT2D eigenvalue weighted by Gasteiger charge is 2.31. The smallest absolute Gasteiger partial charge is 0.142 e. The third kappa shape index (κ3) is 2.54. The van der Waals surface area contributed by atoms with Crippen LogP contribution in [-0.4, -0.2) is 23.9 Å². The van der Waals surface area contributed by atoms with Gasteiger partial charge in [0.05, 0.1) is 17.2 Å². The van der Waals surface area contributed by atoms with Crippen molar-refractivity contribution in [3.05, 3.63) is 34.6 Å². The Balaban J connectivity index is 2.16. The Kier molecular flexibility index (Phi) is 3.47. The highest BCUT2D eigenvalue weighted by Crippen LogP contribution is 2.28. The predicted molar refractivity (Wildman–Crippen MR) is 60.1 cm³/mol. The van der Waals surface area contributed by atoms with Crippen LogP contribution in [0, 0.1) is 5.82 Å². The zero-order valence-corrected chi connectivity index (χ0v) is 9.63. The zero-order chi connectivity index (χ0) is 11.6. The fraction of sp³-hybridized carbons (Fsp3) is 0.500. The van der Waals surface area contributed by atoms with Gasteiger partial charge in [0.25, 0.3) is 0 Å². The molecule has 4 heteroatoms. The van der Waals surface area contributed by atoms with E-state index < -0.39 is 11.4 Å². The second-order valence-electron chi connectivity index (χ2n) is 4.27. The molecule has 2 nitrogen and oxygen atoms in total. The summed E-state index contributed by atoms with van der Waals surface area (Å²) >= 11 is 5.85. The van der Waals surface area contributed by atoms with E-state index in [0.29, 0.717) is 31.6 Å². The van der Waals surface area contributed by atoms with Gasteiger partial charge in [0, 0.05) is 13.0 Å². The molecule has 1 fully saturated rings. The van der Waals surface area contributed by atoms with E-state index in [4.69, 9.17) is 16.3 Å². The molecule has 0 radical (unpaired) electrons. The molecule has 0 aliphatic carbocycles. The minimum atomic E-state index is -0.907. The summed E-state index contributed by atoms with van der Waals surface area (Å²) in [6.45, 7) is 0.971. The van der Waals surface area contributed by atoms with Gasteiger partial charge in [0.1, 0.15) is 5.82 Å². The highest BCUT2D eigenvalue weighted by atomic mass is 35.5. The number of ether oxygens (including phenoxy) is 1. The molecule has 0 amide bonds. The van der Waals surface area contributed by atoms with Crippen molar-refractivity contribution in [1.29, 1.82) is 0 Å². The van der Waals surface area contributed by atoms with Crippen LogP contribution >= 0.6 is 11.6 Å². The largest absolute Gasteiger partial charge is 0.387 e. The third-order valence-corrected chi connectivity index (χ3v) is 3.28. The molecule has 1 unspecified atom stereocenters. The third-order valence-electron chi connectivity index (χ3n) is 2.85. The molecule has 1 aliphatic heterocycles. The molecular formula is C12H14ClFO2. The number of rotatable bonds is 2. The van der Waals surface area contributed by atoms with Crippen LogP contribution in [0.5, 0.6) is 0 Å². The van der Waals surface area contributed by atoms with E-state index in [1.807, 2.05) is 0 Å². The Morgan fingerprint density at radius 3 is 3.00 bits per heavy atom. The van der Waals surface area contributed by atoms with Gasteiger partial charge in [-0.25, -0.2) is 4.39 Å². The average molecular weight is 245 g/mol. The van der Waals surface area contributed by atoms with Gasteiger partial charge in [-0.3, -0.25) is 0 Å². The summed E-state index contributed by atoms with van der Waals surface area (Å²) in [6, 6.07) is 4.65. The zero-order valence-electron chi connectivity index (χ0n) is 8.88. The molecule has 1 aromatic carbocycles. The summed E-state index contributed by atoms with van der Waals surface area (Å²) in [7, 11) is 0. The monoisotopic (exact) mass is 244 g/mol. The SMILES string of the molecule is OC1(Cc2cccc(F)c2Cl)CCCOC1. The second-order valence-corrected chi connectivity index (χ2v) is 4.65. The molecule has 1 atom stereocenters. The molecule has 1 aliphatic rings. The summed E-state index contributed by atoms with van der Waals surface area (Å²) in [6.07, 6.45) is 1.83. The van der Waals surface area contributed by atoms with E-state index in [0.717, 1.165) is 6.42 Å². The van der Waals surface area contributed by atoms with E-state index >= 15 is 0 Å². The van der Waals surface area contributed by atoms with Gasteiger partial charge < -0.3 is 9.84 Å². The molecule has 2 rings (SSSR count).